The summed E-state index contributed by atoms with van der Waals surface area (Å²) in [5.74, 6) is -0.858. The number of hydrogen-bond donors (Lipinski definition) is 1. The third kappa shape index (κ3) is 3.30. The Morgan fingerprint density at radius 1 is 1.40 bits per heavy atom. The lowest BCUT2D eigenvalue weighted by molar-refractivity contribution is -0.173. The molecule has 6 atom stereocenters. The molecule has 4 rings (SSSR count). The second-order valence-electron chi connectivity index (χ2n) is 8.49. The average molecular weight is 416 g/mol. The number of ether oxygens (including phenoxy) is 3. The van der Waals surface area contributed by atoms with Gasteiger partial charge in [0.1, 0.15) is 29.3 Å². The summed E-state index contributed by atoms with van der Waals surface area (Å²) in [6.07, 6.45) is 1.92. The van der Waals surface area contributed by atoms with Crippen molar-refractivity contribution in [2.24, 2.45) is 5.92 Å². The Bertz CT molecular complexity index is 954. The van der Waals surface area contributed by atoms with Crippen molar-refractivity contribution in [1.29, 1.82) is 0 Å². The van der Waals surface area contributed by atoms with E-state index in [1.54, 1.807) is 6.08 Å². The average Bonchev–Trinajstić information content (AvgIpc) is 3.17. The second kappa shape index (κ2) is 6.92. The smallest absolute Gasteiger partial charge is 0.345 e. The molecular weight excluding hydrogens is 392 g/mol. The number of carbonyl (C=O) groups is 3. The maximum Gasteiger partial charge on any atom is 0.345 e. The minimum atomic E-state index is -1.65. The van der Waals surface area contributed by atoms with Crippen LogP contribution in [0.3, 0.4) is 0 Å². The van der Waals surface area contributed by atoms with Crippen molar-refractivity contribution in [3.05, 3.63) is 47.5 Å². The van der Waals surface area contributed by atoms with E-state index in [1.165, 1.54) is 19.9 Å². The van der Waals surface area contributed by atoms with Crippen LogP contribution in [0.5, 0.6) is 0 Å². The summed E-state index contributed by atoms with van der Waals surface area (Å²) in [4.78, 5) is 35.9. The van der Waals surface area contributed by atoms with E-state index >= 15 is 0 Å². The van der Waals surface area contributed by atoms with Crippen LogP contribution in [0.1, 0.15) is 55.2 Å². The first-order valence-corrected chi connectivity index (χ1v) is 9.78. The first-order chi connectivity index (χ1) is 14.1. The Labute approximate surface area is 173 Å². The van der Waals surface area contributed by atoms with Gasteiger partial charge in [-0.1, -0.05) is 18.2 Å². The molecule has 30 heavy (non-hydrogen) atoms. The van der Waals surface area contributed by atoms with Crippen LogP contribution in [0.25, 0.3) is 0 Å². The van der Waals surface area contributed by atoms with Crippen LogP contribution in [0.4, 0.5) is 0 Å². The Morgan fingerprint density at radius 3 is 2.73 bits per heavy atom. The van der Waals surface area contributed by atoms with E-state index < -0.39 is 41.5 Å². The van der Waals surface area contributed by atoms with Gasteiger partial charge in [-0.3, -0.25) is 9.59 Å². The third-order valence-corrected chi connectivity index (χ3v) is 5.93. The largest absolute Gasteiger partial charge is 0.461 e. The van der Waals surface area contributed by atoms with Gasteiger partial charge in [-0.2, -0.15) is 0 Å². The minimum absolute atomic E-state index is 0.0483. The summed E-state index contributed by atoms with van der Waals surface area (Å²) in [5, 5.41) is 11.2. The van der Waals surface area contributed by atoms with Gasteiger partial charge in [0.05, 0.1) is 5.56 Å². The summed E-state index contributed by atoms with van der Waals surface area (Å²) in [5.41, 5.74) is -1.74. The van der Waals surface area contributed by atoms with Gasteiger partial charge in [0.25, 0.3) is 0 Å². The molecule has 0 radical (unpaired) electrons. The lowest BCUT2D eigenvalue weighted by atomic mass is 9.87. The van der Waals surface area contributed by atoms with Crippen LogP contribution in [-0.4, -0.2) is 46.7 Å². The van der Waals surface area contributed by atoms with Crippen molar-refractivity contribution in [2.75, 3.05) is 0 Å². The monoisotopic (exact) mass is 416 g/mol. The number of hydrogen-bond acceptors (Lipinski definition) is 8. The zero-order valence-corrected chi connectivity index (χ0v) is 17.0. The van der Waals surface area contributed by atoms with Crippen LogP contribution in [0, 0.1) is 5.92 Å². The highest BCUT2D eigenvalue weighted by Crippen LogP contribution is 2.51. The van der Waals surface area contributed by atoms with Crippen molar-refractivity contribution in [3.63, 3.8) is 0 Å². The highest BCUT2D eigenvalue weighted by Gasteiger charge is 2.72. The molecule has 3 aliphatic heterocycles. The molecule has 160 valence electrons. The van der Waals surface area contributed by atoms with Gasteiger partial charge in [-0.15, -0.1) is 0 Å². The van der Waals surface area contributed by atoms with E-state index in [0.717, 1.165) is 5.57 Å². The fourth-order valence-corrected chi connectivity index (χ4v) is 4.22. The van der Waals surface area contributed by atoms with E-state index in [4.69, 9.17) is 18.6 Å². The zero-order chi connectivity index (χ0) is 21.8. The molecule has 1 N–H and O–H groups in total. The molecule has 6 unspecified atom stereocenters. The minimum Gasteiger partial charge on any atom is -0.461 e. The fraction of sp³-hybridized carbons (Fsp3) is 0.500. The quantitative estimate of drug-likeness (QED) is 0.345. The molecule has 2 fully saturated rings. The zero-order valence-electron chi connectivity index (χ0n) is 17.0. The third-order valence-electron chi connectivity index (χ3n) is 5.93. The van der Waals surface area contributed by atoms with Gasteiger partial charge in [-0.25, -0.2) is 4.79 Å². The van der Waals surface area contributed by atoms with E-state index in [2.05, 4.69) is 6.58 Å². The number of allylic oxidation sites excluding steroid dienone is 2. The van der Waals surface area contributed by atoms with Gasteiger partial charge in [0.15, 0.2) is 12.4 Å². The Balaban J connectivity index is 1.83. The van der Waals surface area contributed by atoms with Crippen LogP contribution < -0.4 is 0 Å². The summed E-state index contributed by atoms with van der Waals surface area (Å²) in [7, 11) is 0. The molecule has 4 bridgehead atoms. The predicted octanol–water partition coefficient (Wildman–Crippen LogP) is 2.21. The van der Waals surface area contributed by atoms with E-state index in [-0.39, 0.29) is 18.1 Å². The van der Waals surface area contributed by atoms with Crippen LogP contribution >= 0.6 is 0 Å². The molecule has 0 aromatic carbocycles. The highest BCUT2D eigenvalue weighted by molar-refractivity contribution is 5.89. The molecule has 8 heteroatoms. The topological polar surface area (TPSA) is 116 Å². The molecule has 0 spiro atoms. The maximum atomic E-state index is 12.5. The lowest BCUT2D eigenvalue weighted by Crippen LogP contribution is -2.40. The molecule has 0 amide bonds. The Kier molecular flexibility index (Phi) is 4.74. The van der Waals surface area contributed by atoms with Crippen LogP contribution in [-0.2, 0) is 30.2 Å². The number of fused-ring (bicyclic) bond motifs is 2. The van der Waals surface area contributed by atoms with Gasteiger partial charge >= 0.3 is 11.9 Å². The molecule has 0 saturated carbocycles. The van der Waals surface area contributed by atoms with Crippen LogP contribution in [0.15, 0.2) is 34.8 Å². The maximum absolute atomic E-state index is 12.5. The molecule has 0 aliphatic carbocycles. The van der Waals surface area contributed by atoms with E-state index in [1.807, 2.05) is 13.0 Å². The number of aldehydes is 1. The molecular formula is C22H24O8. The van der Waals surface area contributed by atoms with E-state index in [0.29, 0.717) is 24.0 Å². The summed E-state index contributed by atoms with van der Waals surface area (Å²) in [6, 6.07) is 1.47. The van der Waals surface area contributed by atoms with Gasteiger partial charge < -0.3 is 23.7 Å². The normalized spacial score (nSPS) is 37.1. The standard InChI is InChI=1S/C22H24O8/c1-11(2)13-5-6-22-19(30-22)17(29-20(22)25)9-21(4,26)18(27-12(3)24)16-8-14(10-23)15(7-13)28-16/h5-6,8,10,13,17-19,26H,1,7,9H2,2-4H3. The molecule has 2 saturated heterocycles. The van der Waals surface area contributed by atoms with Crippen LogP contribution in [0.2, 0.25) is 0 Å². The van der Waals surface area contributed by atoms with Gasteiger partial charge in [0, 0.05) is 25.7 Å². The molecule has 1 aromatic heterocycles. The Morgan fingerprint density at radius 2 is 2.13 bits per heavy atom. The summed E-state index contributed by atoms with van der Waals surface area (Å²) in [6.45, 7) is 8.51. The Hall–Kier alpha value is -2.71. The molecule has 8 nitrogen and oxygen atoms in total. The predicted molar refractivity (Wildman–Crippen MR) is 102 cm³/mol. The first-order valence-electron chi connectivity index (χ1n) is 9.78. The molecule has 1 aromatic rings. The van der Waals surface area contributed by atoms with Crippen molar-refractivity contribution in [2.45, 2.75) is 63.1 Å². The number of epoxide rings is 1. The second-order valence-corrected chi connectivity index (χ2v) is 8.49. The number of aliphatic hydroxyl groups is 1. The number of rotatable bonds is 3. The summed E-state index contributed by atoms with van der Waals surface area (Å²) >= 11 is 0. The summed E-state index contributed by atoms with van der Waals surface area (Å²) < 4.78 is 22.4. The molecule has 4 heterocycles. The van der Waals surface area contributed by atoms with Crippen molar-refractivity contribution in [1.82, 2.24) is 0 Å². The number of esters is 2. The number of furan rings is 1. The lowest BCUT2D eigenvalue weighted by Gasteiger charge is -2.32. The van der Waals surface area contributed by atoms with Crippen molar-refractivity contribution >= 4 is 18.2 Å². The van der Waals surface area contributed by atoms with E-state index in [9.17, 15) is 19.5 Å². The van der Waals surface area contributed by atoms with Crippen molar-refractivity contribution in [3.8, 4) is 0 Å². The fourth-order valence-electron chi connectivity index (χ4n) is 4.22. The molecule has 3 aliphatic rings. The first kappa shape index (κ1) is 20.6. The van der Waals surface area contributed by atoms with Gasteiger partial charge in [-0.05, 0) is 26.0 Å². The van der Waals surface area contributed by atoms with Gasteiger partial charge in [0.2, 0.25) is 5.60 Å². The SMILES string of the molecule is C=C(C)C1C=CC23OC2C(CC(C)(O)C(OC(C)=O)c2cc(C=O)c(o2)C1)OC3=O. The number of carbonyl (C=O) groups excluding carboxylic acids is 3. The highest BCUT2D eigenvalue weighted by atomic mass is 16.7. The van der Waals surface area contributed by atoms with Crippen molar-refractivity contribution < 1.29 is 38.1 Å².